The zero-order valence-corrected chi connectivity index (χ0v) is 9.97. The minimum absolute atomic E-state index is 0.262. The van der Waals surface area contributed by atoms with Crippen molar-refractivity contribution in [1.82, 2.24) is 29.2 Å². The Morgan fingerprint density at radius 2 is 1.53 bits per heavy atom. The fourth-order valence-corrected chi connectivity index (χ4v) is 2.37. The molecule has 3 heterocycles. The summed E-state index contributed by atoms with van der Waals surface area (Å²) in [5, 5.41) is 12.9. The second kappa shape index (κ2) is 3.23. The molecule has 0 aliphatic heterocycles. The number of fused-ring (bicyclic) bond motifs is 6. The molecule has 2 N–H and O–H groups in total. The predicted octanol–water partition coefficient (Wildman–Crippen LogP) is 0.165. The van der Waals surface area contributed by atoms with Crippen LogP contribution in [-0.4, -0.2) is 29.2 Å². The van der Waals surface area contributed by atoms with Crippen LogP contribution in [0.2, 0.25) is 5.02 Å². The van der Waals surface area contributed by atoms with Crippen LogP contribution in [0.25, 0.3) is 22.3 Å². The lowest BCUT2D eigenvalue weighted by Gasteiger charge is -2.03. The number of nitrogens with one attached hydrogen (secondary N) is 2. The summed E-state index contributed by atoms with van der Waals surface area (Å²) in [5.41, 5.74) is 0.725. The molecule has 0 aliphatic rings. The number of hydrogen-bond acceptors (Lipinski definition) is 4. The molecule has 0 saturated heterocycles. The molecular formula is C10H5ClN6O2. The Bertz CT molecular complexity index is 1070. The van der Waals surface area contributed by atoms with Crippen LogP contribution < -0.4 is 11.4 Å². The summed E-state index contributed by atoms with van der Waals surface area (Å²) in [6, 6.07) is 4.89. The fourth-order valence-electron chi connectivity index (χ4n) is 2.21. The van der Waals surface area contributed by atoms with Gasteiger partial charge < -0.3 is 0 Å². The van der Waals surface area contributed by atoms with Gasteiger partial charge in [-0.2, -0.15) is 0 Å². The number of H-pyrrole nitrogens is 2. The Morgan fingerprint density at radius 1 is 0.947 bits per heavy atom. The molecule has 0 aliphatic carbocycles. The van der Waals surface area contributed by atoms with Crippen molar-refractivity contribution in [3.8, 4) is 0 Å². The van der Waals surface area contributed by atoms with Crippen LogP contribution >= 0.6 is 11.6 Å². The third kappa shape index (κ3) is 1.18. The van der Waals surface area contributed by atoms with Crippen molar-refractivity contribution in [2.24, 2.45) is 0 Å². The third-order valence-electron chi connectivity index (χ3n) is 2.96. The Kier molecular flexibility index (Phi) is 1.76. The standard InChI is InChI=1S/C10H5ClN6O2/c11-4-1-2-5-6(3-4)17-8(13-15-10(17)19)7-12-14-9(18)16(5)7/h1-3H,(H,14,18)(H,15,19). The Morgan fingerprint density at radius 3 is 2.16 bits per heavy atom. The van der Waals surface area contributed by atoms with Gasteiger partial charge in [-0.3, -0.25) is 0 Å². The maximum atomic E-state index is 11.8. The molecule has 19 heavy (non-hydrogen) atoms. The largest absolute Gasteiger partial charge is 0.348 e. The van der Waals surface area contributed by atoms with Gasteiger partial charge in [-0.1, -0.05) is 11.6 Å². The van der Waals surface area contributed by atoms with Gasteiger partial charge in [-0.25, -0.2) is 28.6 Å². The van der Waals surface area contributed by atoms with E-state index in [-0.39, 0.29) is 11.3 Å². The summed E-state index contributed by atoms with van der Waals surface area (Å²) < 4.78 is 2.68. The molecule has 1 aromatic carbocycles. The van der Waals surface area contributed by atoms with Crippen molar-refractivity contribution < 1.29 is 0 Å². The van der Waals surface area contributed by atoms with E-state index in [1.165, 1.54) is 8.80 Å². The van der Waals surface area contributed by atoms with Crippen LogP contribution in [0.4, 0.5) is 0 Å². The molecule has 9 heteroatoms. The van der Waals surface area contributed by atoms with Crippen LogP contribution in [0.3, 0.4) is 0 Å². The maximum absolute atomic E-state index is 11.8. The van der Waals surface area contributed by atoms with E-state index in [2.05, 4.69) is 20.4 Å². The maximum Gasteiger partial charge on any atom is 0.348 e. The van der Waals surface area contributed by atoms with Crippen LogP contribution in [0.1, 0.15) is 0 Å². The molecule has 0 saturated carbocycles. The monoisotopic (exact) mass is 276 g/mol. The Balaban J connectivity index is 2.54. The van der Waals surface area contributed by atoms with E-state index in [4.69, 9.17) is 11.6 Å². The van der Waals surface area contributed by atoms with E-state index in [9.17, 15) is 9.59 Å². The summed E-state index contributed by atoms with van der Waals surface area (Å²) in [4.78, 5) is 23.6. The summed E-state index contributed by atoms with van der Waals surface area (Å²) >= 11 is 5.95. The topological polar surface area (TPSA) is 100 Å². The van der Waals surface area contributed by atoms with Crippen LogP contribution in [0.15, 0.2) is 27.8 Å². The van der Waals surface area contributed by atoms with E-state index in [1.54, 1.807) is 18.2 Å². The first kappa shape index (κ1) is 10.3. The molecule has 0 atom stereocenters. The first-order valence-corrected chi connectivity index (χ1v) is 5.70. The minimum Gasteiger partial charge on any atom is -0.246 e. The highest BCUT2D eigenvalue weighted by molar-refractivity contribution is 6.31. The van der Waals surface area contributed by atoms with E-state index >= 15 is 0 Å². The van der Waals surface area contributed by atoms with Gasteiger partial charge in [0.1, 0.15) is 0 Å². The molecule has 3 aromatic heterocycles. The number of benzene rings is 1. The molecule has 8 nitrogen and oxygen atoms in total. The zero-order chi connectivity index (χ0) is 13.1. The van der Waals surface area contributed by atoms with Gasteiger partial charge in [0.05, 0.1) is 11.0 Å². The van der Waals surface area contributed by atoms with Crippen molar-refractivity contribution in [3.63, 3.8) is 0 Å². The summed E-state index contributed by atoms with van der Waals surface area (Å²) in [6.45, 7) is 0. The first-order chi connectivity index (χ1) is 9.16. The summed E-state index contributed by atoms with van der Waals surface area (Å²) in [7, 11) is 0. The van der Waals surface area contributed by atoms with Gasteiger partial charge >= 0.3 is 11.4 Å². The van der Waals surface area contributed by atoms with Gasteiger partial charge in [-0.15, -0.1) is 10.2 Å². The number of halogens is 1. The second-order valence-corrected chi connectivity index (χ2v) is 4.45. The first-order valence-electron chi connectivity index (χ1n) is 5.32. The lowest BCUT2D eigenvalue weighted by atomic mass is 10.3. The van der Waals surface area contributed by atoms with Crippen molar-refractivity contribution >= 4 is 33.9 Å². The number of nitrogens with zero attached hydrogens (tertiary/aromatic N) is 4. The zero-order valence-electron chi connectivity index (χ0n) is 9.22. The summed E-state index contributed by atoms with van der Waals surface area (Å²) in [5.74, 6) is 0. The Hall–Kier alpha value is -2.61. The van der Waals surface area contributed by atoms with Gasteiger partial charge in [-0.05, 0) is 18.2 Å². The minimum atomic E-state index is -0.416. The number of rotatable bonds is 0. The average Bonchev–Trinajstić information content (AvgIpc) is 2.94. The second-order valence-electron chi connectivity index (χ2n) is 4.01. The smallest absolute Gasteiger partial charge is 0.246 e. The molecule has 4 rings (SSSR count). The van der Waals surface area contributed by atoms with E-state index in [0.717, 1.165) is 0 Å². The normalized spacial score (nSPS) is 11.8. The van der Waals surface area contributed by atoms with Crippen LogP contribution in [-0.2, 0) is 0 Å². The third-order valence-corrected chi connectivity index (χ3v) is 3.20. The van der Waals surface area contributed by atoms with Gasteiger partial charge in [0.2, 0.25) is 11.3 Å². The molecule has 0 unspecified atom stereocenters. The molecule has 0 amide bonds. The molecule has 0 fully saturated rings. The molecule has 4 aromatic rings. The van der Waals surface area contributed by atoms with Crippen molar-refractivity contribution in [2.75, 3.05) is 0 Å². The molecule has 0 bridgehead atoms. The summed E-state index contributed by atoms with van der Waals surface area (Å²) in [6.07, 6.45) is 0. The highest BCUT2D eigenvalue weighted by atomic mass is 35.5. The van der Waals surface area contributed by atoms with Crippen LogP contribution in [0.5, 0.6) is 0 Å². The van der Waals surface area contributed by atoms with Gasteiger partial charge in [0.25, 0.3) is 0 Å². The number of aromatic amines is 2. The lowest BCUT2D eigenvalue weighted by Crippen LogP contribution is -2.15. The van der Waals surface area contributed by atoms with Crippen LogP contribution in [0, 0.1) is 0 Å². The van der Waals surface area contributed by atoms with Crippen molar-refractivity contribution in [3.05, 3.63) is 44.2 Å². The molecule has 94 valence electrons. The van der Waals surface area contributed by atoms with Crippen molar-refractivity contribution in [2.45, 2.75) is 0 Å². The van der Waals surface area contributed by atoms with Gasteiger partial charge in [0, 0.05) is 5.02 Å². The van der Waals surface area contributed by atoms with Crippen molar-refractivity contribution in [1.29, 1.82) is 0 Å². The SMILES string of the molecule is O=c1[nH]nc2c3n[nH]c(=O)n3c3cc(Cl)ccc3n12. The van der Waals surface area contributed by atoms with E-state index in [0.29, 0.717) is 16.1 Å². The molecule has 0 spiro atoms. The number of aromatic nitrogens is 6. The quantitative estimate of drug-likeness (QED) is 0.478. The average molecular weight is 277 g/mol. The highest BCUT2D eigenvalue weighted by Gasteiger charge is 2.15. The fraction of sp³-hybridized carbons (Fsp3) is 0. The molecular weight excluding hydrogens is 272 g/mol. The van der Waals surface area contributed by atoms with Gasteiger partial charge in [0.15, 0.2) is 0 Å². The van der Waals surface area contributed by atoms with E-state index < -0.39 is 11.4 Å². The predicted molar refractivity (Wildman–Crippen MR) is 67.7 cm³/mol. The number of hydrogen-bond donors (Lipinski definition) is 2. The Labute approximate surface area is 108 Å². The highest BCUT2D eigenvalue weighted by Crippen LogP contribution is 2.20. The molecule has 0 radical (unpaired) electrons. The van der Waals surface area contributed by atoms with E-state index in [1.807, 2.05) is 0 Å². The lowest BCUT2D eigenvalue weighted by molar-refractivity contribution is 1.03.